The Morgan fingerprint density at radius 1 is 1.32 bits per heavy atom. The molecule has 19 heavy (non-hydrogen) atoms. The molecule has 1 aliphatic heterocycles. The van der Waals surface area contributed by atoms with Crippen molar-refractivity contribution < 1.29 is 0 Å². The van der Waals surface area contributed by atoms with Crippen LogP contribution in [0, 0.1) is 0 Å². The predicted octanol–water partition coefficient (Wildman–Crippen LogP) is 3.45. The van der Waals surface area contributed by atoms with E-state index in [4.69, 9.17) is 11.6 Å². The third-order valence-corrected chi connectivity index (χ3v) is 5.17. The number of rotatable bonds is 2. The summed E-state index contributed by atoms with van der Waals surface area (Å²) in [6.07, 6.45) is 5.40. The van der Waals surface area contributed by atoms with Gasteiger partial charge in [0, 0.05) is 36.2 Å². The van der Waals surface area contributed by atoms with Gasteiger partial charge in [-0.15, -0.1) is 0 Å². The summed E-state index contributed by atoms with van der Waals surface area (Å²) < 4.78 is 0. The molecule has 2 nitrogen and oxygen atoms in total. The molecule has 104 valence electrons. The number of halogens is 1. The minimum atomic E-state index is 0.381. The minimum absolute atomic E-state index is 0.381. The van der Waals surface area contributed by atoms with Gasteiger partial charge in [0.05, 0.1) is 0 Å². The lowest BCUT2D eigenvalue weighted by molar-refractivity contribution is 0.0393. The smallest absolute Gasteiger partial charge is 0.0451 e. The maximum atomic E-state index is 6.33. The van der Waals surface area contributed by atoms with Crippen molar-refractivity contribution in [1.82, 2.24) is 10.2 Å². The summed E-state index contributed by atoms with van der Waals surface area (Å²) in [4.78, 5) is 2.68. The van der Waals surface area contributed by atoms with Crippen LogP contribution in [0.4, 0.5) is 0 Å². The Morgan fingerprint density at radius 2 is 2.05 bits per heavy atom. The number of hydrogen-bond acceptors (Lipinski definition) is 2. The van der Waals surface area contributed by atoms with Crippen LogP contribution in [0.3, 0.4) is 0 Å². The standard InChI is InChI=1S/C16H23ClN2/c1-13-10-19(11-14-6-2-3-7-15(14)17)16(12-18-13)8-4-5-9-16/h2-3,6-7,13,18H,4-5,8-12H2,1H3. The maximum Gasteiger partial charge on any atom is 0.0451 e. The molecule has 1 N–H and O–H groups in total. The fourth-order valence-corrected chi connectivity index (χ4v) is 3.85. The lowest BCUT2D eigenvalue weighted by Gasteiger charge is -2.48. The van der Waals surface area contributed by atoms with E-state index in [1.807, 2.05) is 12.1 Å². The molecular formula is C16H23ClN2. The monoisotopic (exact) mass is 278 g/mol. The van der Waals surface area contributed by atoms with E-state index in [-0.39, 0.29) is 0 Å². The fraction of sp³-hybridized carbons (Fsp3) is 0.625. The minimum Gasteiger partial charge on any atom is -0.311 e. The molecule has 1 unspecified atom stereocenters. The highest BCUT2D eigenvalue weighted by Gasteiger charge is 2.42. The van der Waals surface area contributed by atoms with Gasteiger partial charge < -0.3 is 5.32 Å². The molecule has 0 aromatic heterocycles. The van der Waals surface area contributed by atoms with Crippen molar-refractivity contribution in [2.24, 2.45) is 0 Å². The van der Waals surface area contributed by atoms with Crippen LogP contribution in [0.15, 0.2) is 24.3 Å². The number of benzene rings is 1. The van der Waals surface area contributed by atoms with Crippen LogP contribution in [0.5, 0.6) is 0 Å². The van der Waals surface area contributed by atoms with Crippen LogP contribution < -0.4 is 5.32 Å². The molecule has 1 saturated carbocycles. The van der Waals surface area contributed by atoms with Crippen LogP contribution in [0.1, 0.15) is 38.2 Å². The van der Waals surface area contributed by atoms with Gasteiger partial charge in [0.2, 0.25) is 0 Å². The van der Waals surface area contributed by atoms with Crippen LogP contribution in [-0.2, 0) is 6.54 Å². The van der Waals surface area contributed by atoms with E-state index in [9.17, 15) is 0 Å². The van der Waals surface area contributed by atoms with Gasteiger partial charge in [-0.25, -0.2) is 0 Å². The first-order valence-electron chi connectivity index (χ1n) is 7.41. The molecule has 1 atom stereocenters. The summed E-state index contributed by atoms with van der Waals surface area (Å²) in [6.45, 7) is 5.54. The van der Waals surface area contributed by atoms with Gasteiger partial charge >= 0.3 is 0 Å². The second kappa shape index (κ2) is 5.43. The maximum absolute atomic E-state index is 6.33. The number of nitrogens with zero attached hydrogens (tertiary/aromatic N) is 1. The molecule has 1 spiro atoms. The molecule has 0 amide bonds. The van der Waals surface area contributed by atoms with Crippen molar-refractivity contribution in [2.75, 3.05) is 13.1 Å². The van der Waals surface area contributed by atoms with Gasteiger partial charge in [-0.05, 0) is 31.4 Å². The summed E-state index contributed by atoms with van der Waals surface area (Å²) in [5, 5.41) is 4.57. The molecule has 2 aliphatic rings. The van der Waals surface area contributed by atoms with Crippen LogP contribution >= 0.6 is 11.6 Å². The zero-order chi connectivity index (χ0) is 13.3. The lowest BCUT2D eigenvalue weighted by Crippen LogP contribution is -2.62. The van der Waals surface area contributed by atoms with Crippen LogP contribution in [0.25, 0.3) is 0 Å². The molecule has 1 heterocycles. The number of hydrogen-bond donors (Lipinski definition) is 1. The van der Waals surface area contributed by atoms with E-state index in [1.165, 1.54) is 31.2 Å². The number of piperazine rings is 1. The SMILES string of the molecule is CC1CN(Cc2ccccc2Cl)C2(CCCC2)CN1. The largest absolute Gasteiger partial charge is 0.311 e. The van der Waals surface area contributed by atoms with Crippen molar-refractivity contribution in [1.29, 1.82) is 0 Å². The quantitative estimate of drug-likeness (QED) is 0.891. The Kier molecular flexibility index (Phi) is 3.84. The van der Waals surface area contributed by atoms with Crippen molar-refractivity contribution in [3.63, 3.8) is 0 Å². The highest BCUT2D eigenvalue weighted by Crippen LogP contribution is 2.38. The second-order valence-corrected chi connectivity index (χ2v) is 6.59. The first-order chi connectivity index (χ1) is 9.20. The molecule has 3 rings (SSSR count). The Bertz CT molecular complexity index is 440. The third kappa shape index (κ3) is 2.67. The average Bonchev–Trinajstić information content (AvgIpc) is 2.87. The van der Waals surface area contributed by atoms with E-state index in [0.29, 0.717) is 11.6 Å². The van der Waals surface area contributed by atoms with Crippen molar-refractivity contribution >= 4 is 11.6 Å². The van der Waals surface area contributed by atoms with Gasteiger partial charge in [-0.3, -0.25) is 4.90 Å². The Morgan fingerprint density at radius 3 is 2.79 bits per heavy atom. The Hall–Kier alpha value is -0.570. The lowest BCUT2D eigenvalue weighted by atomic mass is 9.90. The fourth-order valence-electron chi connectivity index (χ4n) is 3.66. The van der Waals surface area contributed by atoms with E-state index in [1.54, 1.807) is 0 Å². The molecule has 2 fully saturated rings. The van der Waals surface area contributed by atoms with Crippen molar-refractivity contribution in [3.8, 4) is 0 Å². The summed E-state index contributed by atoms with van der Waals surface area (Å²) in [5.74, 6) is 0. The van der Waals surface area contributed by atoms with Crippen LogP contribution in [-0.4, -0.2) is 29.6 Å². The van der Waals surface area contributed by atoms with E-state index in [2.05, 4.69) is 29.3 Å². The van der Waals surface area contributed by atoms with Gasteiger partial charge in [0.1, 0.15) is 0 Å². The molecule has 0 bridgehead atoms. The Balaban J connectivity index is 1.81. The molecular weight excluding hydrogens is 256 g/mol. The molecule has 0 radical (unpaired) electrons. The van der Waals surface area contributed by atoms with Gasteiger partial charge in [0.25, 0.3) is 0 Å². The average molecular weight is 279 g/mol. The summed E-state index contributed by atoms with van der Waals surface area (Å²) in [5.41, 5.74) is 1.65. The van der Waals surface area contributed by atoms with E-state index >= 15 is 0 Å². The molecule has 1 aromatic rings. The first kappa shape index (κ1) is 13.4. The highest BCUT2D eigenvalue weighted by molar-refractivity contribution is 6.31. The summed E-state index contributed by atoms with van der Waals surface area (Å²) in [6, 6.07) is 8.85. The zero-order valence-corrected chi connectivity index (χ0v) is 12.4. The van der Waals surface area contributed by atoms with Crippen molar-refractivity contribution in [2.45, 2.75) is 50.7 Å². The Labute approximate surface area is 121 Å². The molecule has 1 aliphatic carbocycles. The van der Waals surface area contributed by atoms with Gasteiger partial charge in [-0.1, -0.05) is 42.6 Å². The number of nitrogens with one attached hydrogen (secondary N) is 1. The van der Waals surface area contributed by atoms with Gasteiger partial charge in [-0.2, -0.15) is 0 Å². The second-order valence-electron chi connectivity index (χ2n) is 6.19. The first-order valence-corrected chi connectivity index (χ1v) is 7.79. The molecule has 3 heteroatoms. The van der Waals surface area contributed by atoms with Crippen molar-refractivity contribution in [3.05, 3.63) is 34.9 Å². The highest BCUT2D eigenvalue weighted by atomic mass is 35.5. The predicted molar refractivity (Wildman–Crippen MR) is 80.5 cm³/mol. The topological polar surface area (TPSA) is 15.3 Å². The molecule has 1 saturated heterocycles. The van der Waals surface area contributed by atoms with E-state index in [0.717, 1.165) is 24.7 Å². The van der Waals surface area contributed by atoms with Gasteiger partial charge in [0.15, 0.2) is 0 Å². The zero-order valence-electron chi connectivity index (χ0n) is 11.7. The summed E-state index contributed by atoms with van der Waals surface area (Å²) in [7, 11) is 0. The normalized spacial score (nSPS) is 26.9. The molecule has 1 aromatic carbocycles. The summed E-state index contributed by atoms with van der Waals surface area (Å²) >= 11 is 6.33. The third-order valence-electron chi connectivity index (χ3n) is 4.80. The van der Waals surface area contributed by atoms with Crippen LogP contribution in [0.2, 0.25) is 5.02 Å². The van der Waals surface area contributed by atoms with E-state index < -0.39 is 0 Å².